The van der Waals surface area contributed by atoms with Crippen molar-refractivity contribution in [3.05, 3.63) is 46.8 Å². The fourth-order valence-electron chi connectivity index (χ4n) is 1.64. The van der Waals surface area contributed by atoms with E-state index in [1.54, 1.807) is 30.6 Å². The van der Waals surface area contributed by atoms with Gasteiger partial charge in [-0.1, -0.05) is 18.2 Å². The average molecular weight is 377 g/mol. The molecule has 0 saturated heterocycles. The number of anilines is 1. The minimum absolute atomic E-state index is 0.00431. The van der Waals surface area contributed by atoms with E-state index in [1.165, 1.54) is 6.34 Å². The molecule has 0 aliphatic heterocycles. The van der Waals surface area contributed by atoms with Crippen molar-refractivity contribution in [2.75, 3.05) is 5.32 Å². The van der Waals surface area contributed by atoms with E-state index < -0.39 is 0 Å². The highest BCUT2D eigenvalue weighted by Crippen LogP contribution is 2.14. The molecule has 2 aromatic rings. The standard InChI is InChI=1S/C15H17BrN6O/c1-10(2)21-15(20-9-19-13-12(16)17-8-18-13)22-14(23)11-6-4-3-5-7-11/h3-10H,1-2H3,(H,17,18)(H2,19,20,21,22,23). The smallest absolute Gasteiger partial charge is 0.258 e. The van der Waals surface area contributed by atoms with E-state index >= 15 is 0 Å². The lowest BCUT2D eigenvalue weighted by Crippen LogP contribution is -2.30. The molecule has 0 bridgehead atoms. The number of guanidine groups is 1. The molecule has 120 valence electrons. The molecule has 0 aliphatic carbocycles. The SMILES string of the molecule is CC(C)N=C(/N=C/Nc1nc[nH]c1Br)NC(=O)c1ccccc1. The molecule has 0 unspecified atom stereocenters. The molecule has 1 aromatic heterocycles. The number of aliphatic imine (C=N–C) groups is 2. The zero-order chi connectivity index (χ0) is 16.7. The van der Waals surface area contributed by atoms with Gasteiger partial charge in [0.15, 0.2) is 5.82 Å². The van der Waals surface area contributed by atoms with Gasteiger partial charge in [-0.15, -0.1) is 0 Å². The van der Waals surface area contributed by atoms with Crippen molar-refractivity contribution in [1.82, 2.24) is 15.3 Å². The van der Waals surface area contributed by atoms with Crippen molar-refractivity contribution >= 4 is 40.0 Å². The summed E-state index contributed by atoms with van der Waals surface area (Å²) in [6.07, 6.45) is 2.97. The zero-order valence-corrected chi connectivity index (χ0v) is 14.3. The van der Waals surface area contributed by atoms with Crippen molar-refractivity contribution in [3.63, 3.8) is 0 Å². The number of hydrogen-bond acceptors (Lipinski definition) is 3. The van der Waals surface area contributed by atoms with Crippen LogP contribution in [0.2, 0.25) is 0 Å². The summed E-state index contributed by atoms with van der Waals surface area (Å²) in [6.45, 7) is 3.81. The third-order valence-corrected chi connectivity index (χ3v) is 3.23. The number of imidazole rings is 1. The number of carbonyl (C=O) groups excluding carboxylic acids is 1. The van der Waals surface area contributed by atoms with Crippen LogP contribution >= 0.6 is 15.9 Å². The first-order valence-corrected chi connectivity index (χ1v) is 7.77. The number of hydrogen-bond donors (Lipinski definition) is 3. The number of rotatable bonds is 4. The summed E-state index contributed by atoms with van der Waals surface area (Å²) < 4.78 is 0.708. The van der Waals surface area contributed by atoms with E-state index in [4.69, 9.17) is 0 Å². The molecule has 0 spiro atoms. The van der Waals surface area contributed by atoms with Gasteiger partial charge in [0, 0.05) is 11.6 Å². The van der Waals surface area contributed by atoms with Crippen molar-refractivity contribution in [2.45, 2.75) is 19.9 Å². The lowest BCUT2D eigenvalue weighted by molar-refractivity contribution is 0.0976. The van der Waals surface area contributed by atoms with E-state index in [0.29, 0.717) is 16.0 Å². The maximum Gasteiger partial charge on any atom is 0.258 e. The molecule has 7 nitrogen and oxygen atoms in total. The molecule has 8 heteroatoms. The Balaban J connectivity index is 2.05. The van der Waals surface area contributed by atoms with Crippen LogP contribution in [0.4, 0.5) is 5.82 Å². The first-order valence-electron chi connectivity index (χ1n) is 6.98. The number of nitrogens with one attached hydrogen (secondary N) is 3. The zero-order valence-electron chi connectivity index (χ0n) is 12.7. The van der Waals surface area contributed by atoms with Crippen LogP contribution in [0, 0.1) is 0 Å². The Morgan fingerprint density at radius 2 is 2.09 bits per heavy atom. The van der Waals surface area contributed by atoms with Gasteiger partial charge < -0.3 is 10.3 Å². The molecule has 0 aliphatic rings. The monoisotopic (exact) mass is 376 g/mol. The molecule has 0 saturated carbocycles. The van der Waals surface area contributed by atoms with Crippen LogP contribution in [0.15, 0.2) is 51.2 Å². The maximum atomic E-state index is 12.2. The van der Waals surface area contributed by atoms with Gasteiger partial charge in [0.1, 0.15) is 4.60 Å². The fourth-order valence-corrected chi connectivity index (χ4v) is 1.96. The number of benzene rings is 1. The summed E-state index contributed by atoms with van der Waals surface area (Å²) in [5.41, 5.74) is 0.544. The van der Waals surface area contributed by atoms with E-state index in [0.717, 1.165) is 0 Å². The summed E-state index contributed by atoms with van der Waals surface area (Å²) in [4.78, 5) is 27.5. The van der Waals surface area contributed by atoms with Crippen LogP contribution in [0.3, 0.4) is 0 Å². The van der Waals surface area contributed by atoms with Gasteiger partial charge in [-0.05, 0) is 41.9 Å². The largest absolute Gasteiger partial charge is 0.338 e. The molecule has 2 rings (SSSR count). The maximum absolute atomic E-state index is 12.2. The van der Waals surface area contributed by atoms with Gasteiger partial charge >= 0.3 is 0 Å². The summed E-state index contributed by atoms with van der Waals surface area (Å²) in [5, 5.41) is 5.59. The summed E-state index contributed by atoms with van der Waals surface area (Å²) in [6, 6.07) is 8.90. The lowest BCUT2D eigenvalue weighted by Gasteiger charge is -2.06. The first-order chi connectivity index (χ1) is 11.1. The van der Waals surface area contributed by atoms with E-state index in [1.807, 2.05) is 19.9 Å². The molecule has 0 radical (unpaired) electrons. The molecule has 1 heterocycles. The van der Waals surface area contributed by atoms with Crippen LogP contribution in [0.1, 0.15) is 24.2 Å². The first kappa shape index (κ1) is 16.9. The number of amides is 1. The van der Waals surface area contributed by atoms with Crippen LogP contribution in [-0.4, -0.2) is 34.2 Å². The predicted octanol–water partition coefficient (Wildman–Crippen LogP) is 2.81. The molecular weight excluding hydrogens is 360 g/mol. The Hall–Kier alpha value is -2.48. The lowest BCUT2D eigenvalue weighted by atomic mass is 10.2. The number of carbonyl (C=O) groups is 1. The van der Waals surface area contributed by atoms with Gasteiger partial charge in [-0.2, -0.15) is 0 Å². The predicted molar refractivity (Wildman–Crippen MR) is 94.9 cm³/mol. The van der Waals surface area contributed by atoms with Crippen molar-refractivity contribution < 1.29 is 4.79 Å². The summed E-state index contributed by atoms with van der Waals surface area (Å²) in [7, 11) is 0. The van der Waals surface area contributed by atoms with Crippen molar-refractivity contribution in [3.8, 4) is 0 Å². The Morgan fingerprint density at radius 1 is 1.35 bits per heavy atom. The van der Waals surface area contributed by atoms with Gasteiger partial charge in [-0.3, -0.25) is 10.1 Å². The number of aromatic nitrogens is 2. The van der Waals surface area contributed by atoms with E-state index in [-0.39, 0.29) is 17.9 Å². The molecule has 23 heavy (non-hydrogen) atoms. The molecule has 3 N–H and O–H groups in total. The number of nitrogens with zero attached hydrogens (tertiary/aromatic N) is 3. The number of halogens is 1. The molecule has 1 aromatic carbocycles. The minimum atomic E-state index is -0.261. The van der Waals surface area contributed by atoms with E-state index in [9.17, 15) is 4.79 Å². The second kappa shape index (κ2) is 8.23. The third kappa shape index (κ3) is 5.33. The molecule has 0 atom stereocenters. The highest BCUT2D eigenvalue weighted by molar-refractivity contribution is 9.10. The second-order valence-corrected chi connectivity index (χ2v) is 5.63. The molecular formula is C15H17BrN6O. The van der Waals surface area contributed by atoms with Gasteiger partial charge in [-0.25, -0.2) is 15.0 Å². The van der Waals surface area contributed by atoms with Crippen LogP contribution in [0.5, 0.6) is 0 Å². The third-order valence-electron chi connectivity index (χ3n) is 2.62. The molecule has 0 fully saturated rings. The normalized spacial score (nSPS) is 11.9. The van der Waals surface area contributed by atoms with Gasteiger partial charge in [0.05, 0.1) is 12.7 Å². The Kier molecular flexibility index (Phi) is 6.04. The highest BCUT2D eigenvalue weighted by Gasteiger charge is 2.08. The van der Waals surface area contributed by atoms with Crippen LogP contribution in [-0.2, 0) is 0 Å². The summed E-state index contributed by atoms with van der Waals surface area (Å²) >= 11 is 3.30. The number of aromatic amines is 1. The minimum Gasteiger partial charge on any atom is -0.338 e. The second-order valence-electron chi connectivity index (χ2n) is 4.83. The fraction of sp³-hybridized carbons (Fsp3) is 0.200. The Labute approximate surface area is 142 Å². The van der Waals surface area contributed by atoms with Crippen molar-refractivity contribution in [2.24, 2.45) is 9.98 Å². The van der Waals surface area contributed by atoms with Gasteiger partial charge in [0.25, 0.3) is 5.91 Å². The topological polar surface area (TPSA) is 94.5 Å². The average Bonchev–Trinajstić information content (AvgIpc) is 2.93. The van der Waals surface area contributed by atoms with Crippen molar-refractivity contribution in [1.29, 1.82) is 0 Å². The van der Waals surface area contributed by atoms with E-state index in [2.05, 4.69) is 46.5 Å². The Bertz CT molecular complexity index is 708. The Morgan fingerprint density at radius 3 is 2.70 bits per heavy atom. The van der Waals surface area contributed by atoms with Gasteiger partial charge in [0.2, 0.25) is 5.96 Å². The highest BCUT2D eigenvalue weighted by atomic mass is 79.9. The summed E-state index contributed by atoms with van der Waals surface area (Å²) in [5.74, 6) is 0.558. The van der Waals surface area contributed by atoms with Crippen LogP contribution in [0.25, 0.3) is 0 Å². The quantitative estimate of drug-likeness (QED) is 0.565. The molecule has 1 amide bonds. The van der Waals surface area contributed by atoms with Crippen LogP contribution < -0.4 is 10.6 Å². The number of H-pyrrole nitrogens is 1.